The lowest BCUT2D eigenvalue weighted by Crippen LogP contribution is -1.91. The minimum absolute atomic E-state index is 1.05. The molecule has 0 heteroatoms. The minimum Gasteiger partial charge on any atom is -0.0619 e. The van der Waals surface area contributed by atoms with Crippen LogP contribution in [0.15, 0.2) is 84.9 Å². The number of rotatable bonds is 0. The van der Waals surface area contributed by atoms with Crippen LogP contribution < -0.4 is 0 Å². The second-order valence-corrected chi connectivity index (χ2v) is 8.91. The zero-order valence-electron chi connectivity index (χ0n) is 16.5. The van der Waals surface area contributed by atoms with Crippen molar-refractivity contribution in [2.75, 3.05) is 0 Å². The van der Waals surface area contributed by atoms with Crippen LogP contribution in [0.2, 0.25) is 0 Å². The van der Waals surface area contributed by atoms with E-state index in [1.54, 1.807) is 0 Å². The van der Waals surface area contributed by atoms with E-state index in [0.29, 0.717) is 0 Å². The summed E-state index contributed by atoms with van der Waals surface area (Å²) < 4.78 is 0. The van der Waals surface area contributed by atoms with Gasteiger partial charge in [0, 0.05) is 0 Å². The number of benzene rings is 6. The van der Waals surface area contributed by atoms with Crippen LogP contribution in [0.25, 0.3) is 54.6 Å². The molecule has 0 aromatic heterocycles. The number of fused-ring (bicyclic) bond motifs is 8. The van der Waals surface area contributed by atoms with Crippen LogP contribution in [0.5, 0.6) is 0 Å². The lowest BCUT2D eigenvalue weighted by molar-refractivity contribution is 1.27. The lowest BCUT2D eigenvalue weighted by Gasteiger charge is -2.17. The summed E-state index contributed by atoms with van der Waals surface area (Å²) in [6, 6.07) is 32.2. The van der Waals surface area contributed by atoms with Crippen LogP contribution in [0.1, 0.15) is 22.3 Å². The first-order chi connectivity index (χ1) is 14.9. The summed E-state index contributed by atoms with van der Waals surface area (Å²) in [6.45, 7) is 0. The molecule has 0 unspecified atom stereocenters. The van der Waals surface area contributed by atoms with Gasteiger partial charge in [0.05, 0.1) is 0 Å². The van der Waals surface area contributed by atoms with Crippen LogP contribution in [0.3, 0.4) is 0 Å². The van der Waals surface area contributed by atoms with Crippen molar-refractivity contribution >= 4 is 32.3 Å². The van der Waals surface area contributed by atoms with Crippen LogP contribution in [0.4, 0.5) is 0 Å². The molecule has 8 rings (SSSR count). The predicted octanol–water partition coefficient (Wildman–Crippen LogP) is 7.73. The van der Waals surface area contributed by atoms with Crippen molar-refractivity contribution in [3.63, 3.8) is 0 Å². The molecule has 0 saturated carbocycles. The third-order valence-electron chi connectivity index (χ3n) is 7.40. The number of hydrogen-bond acceptors (Lipinski definition) is 0. The van der Waals surface area contributed by atoms with E-state index < -0.39 is 0 Å². The van der Waals surface area contributed by atoms with Gasteiger partial charge in [-0.05, 0) is 89.7 Å². The molecule has 30 heavy (non-hydrogen) atoms. The highest BCUT2D eigenvalue weighted by molar-refractivity contribution is 6.29. The summed E-state index contributed by atoms with van der Waals surface area (Å²) in [6.07, 6.45) is 2.09. The van der Waals surface area contributed by atoms with Crippen molar-refractivity contribution in [3.8, 4) is 22.3 Å². The Morgan fingerprint density at radius 3 is 1.40 bits per heavy atom. The van der Waals surface area contributed by atoms with Crippen molar-refractivity contribution in [1.82, 2.24) is 0 Å². The highest BCUT2D eigenvalue weighted by Gasteiger charge is 2.26. The Morgan fingerprint density at radius 2 is 0.900 bits per heavy atom. The Bertz CT molecular complexity index is 1560. The Balaban J connectivity index is 1.58. The number of hydrogen-bond donors (Lipinski definition) is 0. The predicted molar refractivity (Wildman–Crippen MR) is 127 cm³/mol. The molecule has 2 aliphatic rings. The molecule has 6 aromatic rings. The SMILES string of the molecule is c1ccc2c(c1)Cc1cc3ccc4c5c(cc6ccc(c1-2)c3c64)Cc1ccccc1-5. The second-order valence-electron chi connectivity index (χ2n) is 8.91. The average molecular weight is 378 g/mol. The Labute approximate surface area is 174 Å². The molecule has 0 amide bonds. The van der Waals surface area contributed by atoms with Gasteiger partial charge in [0.25, 0.3) is 0 Å². The third kappa shape index (κ3) is 1.70. The average Bonchev–Trinajstić information content (AvgIpc) is 3.34. The first kappa shape index (κ1) is 15.2. The van der Waals surface area contributed by atoms with Crippen molar-refractivity contribution in [3.05, 3.63) is 107 Å². The molecule has 0 spiro atoms. The Kier molecular flexibility index (Phi) is 2.59. The van der Waals surface area contributed by atoms with Crippen LogP contribution in [0, 0.1) is 0 Å². The Hall–Kier alpha value is -3.64. The summed E-state index contributed by atoms with van der Waals surface area (Å²) in [7, 11) is 0. The van der Waals surface area contributed by atoms with E-state index in [1.165, 1.54) is 76.8 Å². The first-order valence-electron chi connectivity index (χ1n) is 10.8. The molecule has 0 heterocycles. The Morgan fingerprint density at radius 1 is 0.433 bits per heavy atom. The topological polar surface area (TPSA) is 0 Å². The van der Waals surface area contributed by atoms with Crippen LogP contribution >= 0.6 is 0 Å². The maximum atomic E-state index is 2.44. The van der Waals surface area contributed by atoms with Gasteiger partial charge in [-0.1, -0.05) is 84.9 Å². The normalized spacial score (nSPS) is 13.7. The molecule has 0 radical (unpaired) electrons. The summed E-state index contributed by atoms with van der Waals surface area (Å²) >= 11 is 0. The van der Waals surface area contributed by atoms with E-state index >= 15 is 0 Å². The molecule has 0 aliphatic heterocycles. The van der Waals surface area contributed by atoms with E-state index in [4.69, 9.17) is 0 Å². The monoisotopic (exact) mass is 378 g/mol. The molecule has 2 aliphatic carbocycles. The van der Waals surface area contributed by atoms with E-state index in [2.05, 4.69) is 84.9 Å². The molecule has 0 atom stereocenters. The van der Waals surface area contributed by atoms with Gasteiger partial charge in [-0.3, -0.25) is 0 Å². The fraction of sp³-hybridized carbons (Fsp3) is 0.0667. The first-order valence-corrected chi connectivity index (χ1v) is 10.8. The van der Waals surface area contributed by atoms with Crippen molar-refractivity contribution in [2.45, 2.75) is 12.8 Å². The summed E-state index contributed by atoms with van der Waals surface area (Å²) in [5.41, 5.74) is 11.6. The van der Waals surface area contributed by atoms with Gasteiger partial charge in [0.15, 0.2) is 0 Å². The van der Waals surface area contributed by atoms with Crippen LogP contribution in [-0.2, 0) is 12.8 Å². The largest absolute Gasteiger partial charge is 0.0619 e. The van der Waals surface area contributed by atoms with Gasteiger partial charge in [-0.25, -0.2) is 0 Å². The molecule has 0 bridgehead atoms. The summed E-state index contributed by atoms with van der Waals surface area (Å²) in [4.78, 5) is 0. The van der Waals surface area contributed by atoms with Crippen molar-refractivity contribution in [1.29, 1.82) is 0 Å². The van der Waals surface area contributed by atoms with Gasteiger partial charge in [-0.2, -0.15) is 0 Å². The molecular formula is C30H18. The van der Waals surface area contributed by atoms with E-state index in [0.717, 1.165) is 12.8 Å². The summed E-state index contributed by atoms with van der Waals surface area (Å²) in [5.74, 6) is 0. The summed E-state index contributed by atoms with van der Waals surface area (Å²) in [5, 5.41) is 8.45. The molecule has 0 N–H and O–H groups in total. The quantitative estimate of drug-likeness (QED) is 0.237. The zero-order valence-corrected chi connectivity index (χ0v) is 16.5. The standard InChI is InChI=1S/C30H18/c1-3-7-23-17(5-1)13-21-15-19-10-12-26-28-22(14-18-6-2-4-8-24(18)28)16-20-9-11-25(27(21)23)29(19)30(20)26/h1-12,15-16H,13-14H2. The molecule has 0 saturated heterocycles. The maximum Gasteiger partial charge on any atom is -0.00130 e. The molecule has 138 valence electrons. The lowest BCUT2D eigenvalue weighted by atomic mass is 9.86. The molecule has 0 nitrogen and oxygen atoms in total. The molecule has 0 fully saturated rings. The zero-order chi connectivity index (χ0) is 19.4. The smallest absolute Gasteiger partial charge is 0.00130 e. The van der Waals surface area contributed by atoms with Crippen molar-refractivity contribution < 1.29 is 0 Å². The van der Waals surface area contributed by atoms with Gasteiger partial charge < -0.3 is 0 Å². The maximum absolute atomic E-state index is 2.44. The highest BCUT2D eigenvalue weighted by atomic mass is 14.3. The van der Waals surface area contributed by atoms with Crippen molar-refractivity contribution in [2.24, 2.45) is 0 Å². The van der Waals surface area contributed by atoms with E-state index in [-0.39, 0.29) is 0 Å². The van der Waals surface area contributed by atoms with Gasteiger partial charge in [0.1, 0.15) is 0 Å². The minimum atomic E-state index is 1.05. The van der Waals surface area contributed by atoms with E-state index in [9.17, 15) is 0 Å². The van der Waals surface area contributed by atoms with Gasteiger partial charge >= 0.3 is 0 Å². The van der Waals surface area contributed by atoms with E-state index in [1.807, 2.05) is 0 Å². The highest BCUT2D eigenvalue weighted by Crippen LogP contribution is 2.49. The molecule has 6 aromatic carbocycles. The third-order valence-corrected chi connectivity index (χ3v) is 7.40. The fourth-order valence-corrected chi connectivity index (χ4v) is 6.23. The van der Waals surface area contributed by atoms with Crippen LogP contribution in [-0.4, -0.2) is 0 Å². The fourth-order valence-electron chi connectivity index (χ4n) is 6.23. The van der Waals surface area contributed by atoms with Gasteiger partial charge in [0.2, 0.25) is 0 Å². The van der Waals surface area contributed by atoms with Gasteiger partial charge in [-0.15, -0.1) is 0 Å². The molecular weight excluding hydrogens is 360 g/mol. The second kappa shape index (κ2) is 5.09.